The Balaban J connectivity index is 1.45. The van der Waals surface area contributed by atoms with Crippen LogP contribution < -0.4 is 16.2 Å². The quantitative estimate of drug-likeness (QED) is 0.501. The summed E-state index contributed by atoms with van der Waals surface area (Å²) in [4.78, 5) is 29.4. The first kappa shape index (κ1) is 28.7. The Hall–Kier alpha value is -2.85. The lowest BCUT2D eigenvalue weighted by Crippen LogP contribution is -2.57. The second-order valence-corrected chi connectivity index (χ2v) is 11.8. The molecule has 10 heteroatoms. The van der Waals surface area contributed by atoms with Gasteiger partial charge < -0.3 is 24.8 Å². The number of pyridine rings is 1. The minimum Gasteiger partial charge on any atom is -0.381 e. The van der Waals surface area contributed by atoms with E-state index >= 15 is 0 Å². The van der Waals surface area contributed by atoms with Crippen molar-refractivity contribution in [3.63, 3.8) is 0 Å². The van der Waals surface area contributed by atoms with Gasteiger partial charge in [0.05, 0.1) is 22.9 Å². The van der Waals surface area contributed by atoms with Crippen LogP contribution in [0.4, 0.5) is 18.9 Å². The summed E-state index contributed by atoms with van der Waals surface area (Å²) in [5.74, 6) is -0.429. The predicted molar refractivity (Wildman–Crippen MR) is 148 cm³/mol. The van der Waals surface area contributed by atoms with Crippen LogP contribution in [0.3, 0.4) is 0 Å². The molecule has 1 aliphatic carbocycles. The van der Waals surface area contributed by atoms with E-state index in [1.54, 1.807) is 23.8 Å². The third kappa shape index (κ3) is 5.65. The average molecular weight is 561 g/mol. The third-order valence-corrected chi connectivity index (χ3v) is 9.20. The maximum Gasteiger partial charge on any atom is 0.416 e. The molecule has 2 aliphatic heterocycles. The second kappa shape index (κ2) is 11.2. The van der Waals surface area contributed by atoms with Crippen molar-refractivity contribution in [3.8, 4) is 0 Å². The number of carbonyl (C=O) groups is 1. The minimum absolute atomic E-state index is 0.0768. The number of ether oxygens (including phenoxy) is 1. The van der Waals surface area contributed by atoms with E-state index in [4.69, 9.17) is 4.74 Å². The van der Waals surface area contributed by atoms with Crippen molar-refractivity contribution >= 4 is 11.6 Å². The average Bonchev–Trinajstić information content (AvgIpc) is 2.91. The van der Waals surface area contributed by atoms with Crippen LogP contribution >= 0.6 is 0 Å². The zero-order chi connectivity index (χ0) is 28.7. The number of amides is 1. The van der Waals surface area contributed by atoms with Crippen LogP contribution in [0.15, 0.2) is 35.3 Å². The van der Waals surface area contributed by atoms with Gasteiger partial charge in [0.15, 0.2) is 0 Å². The molecule has 0 bridgehead atoms. The van der Waals surface area contributed by atoms with E-state index in [2.05, 4.69) is 22.6 Å². The summed E-state index contributed by atoms with van der Waals surface area (Å²) in [7, 11) is 2.13. The summed E-state index contributed by atoms with van der Waals surface area (Å²) in [6.45, 7) is 6.23. The van der Waals surface area contributed by atoms with E-state index in [1.807, 2.05) is 0 Å². The van der Waals surface area contributed by atoms with Gasteiger partial charge in [-0.2, -0.15) is 13.2 Å². The fraction of sp³-hybridized carbons (Fsp3) is 0.600. The summed E-state index contributed by atoms with van der Waals surface area (Å²) < 4.78 is 47.7. The van der Waals surface area contributed by atoms with Crippen LogP contribution in [-0.2, 0) is 10.9 Å². The maximum absolute atomic E-state index is 13.8. The number of anilines is 1. The standard InChI is InChI=1S/C30H39F3N4O3/c1-19-22(6-4-7-24(19)30(31,32)33)20(2)34-28(39)23-17-37(21-9-14-40-15-10-21)27(38)16-25(23)35-26-8-12-29(26)11-5-13-36(3)18-29/h4,6-7,16-17,20-21,26,35H,5,8-15,18H2,1-3H3,(H,34,39)/t20-,26+,29-/m1/s1. The molecule has 1 saturated carbocycles. The topological polar surface area (TPSA) is 75.6 Å². The van der Waals surface area contributed by atoms with Crippen LogP contribution in [0.2, 0.25) is 0 Å². The molecule has 3 fully saturated rings. The first-order valence-electron chi connectivity index (χ1n) is 14.2. The number of hydrogen-bond acceptors (Lipinski definition) is 5. The van der Waals surface area contributed by atoms with Gasteiger partial charge in [-0.25, -0.2) is 0 Å². The number of halogens is 3. The number of alkyl halides is 3. The molecule has 2 saturated heterocycles. The molecule has 1 spiro atoms. The van der Waals surface area contributed by atoms with Crippen LogP contribution in [0.1, 0.15) is 84.6 Å². The van der Waals surface area contributed by atoms with E-state index in [0.29, 0.717) is 42.9 Å². The van der Waals surface area contributed by atoms with Gasteiger partial charge in [-0.1, -0.05) is 12.1 Å². The number of likely N-dealkylation sites (tertiary alicyclic amines) is 1. The van der Waals surface area contributed by atoms with Crippen LogP contribution in [0.5, 0.6) is 0 Å². The Morgan fingerprint density at radius 3 is 2.58 bits per heavy atom. The number of aromatic nitrogens is 1. The Bertz CT molecular complexity index is 1300. The van der Waals surface area contributed by atoms with Crippen molar-refractivity contribution in [3.05, 3.63) is 63.1 Å². The number of carbonyl (C=O) groups excluding carboxylic acids is 1. The molecule has 3 atom stereocenters. The summed E-state index contributed by atoms with van der Waals surface area (Å²) in [5, 5.41) is 6.47. The molecule has 40 heavy (non-hydrogen) atoms. The number of nitrogens with one attached hydrogen (secondary N) is 2. The molecule has 1 aromatic heterocycles. The molecule has 2 N–H and O–H groups in total. The molecule has 7 nitrogen and oxygen atoms in total. The maximum atomic E-state index is 13.8. The molecule has 0 unspecified atom stereocenters. The van der Waals surface area contributed by atoms with E-state index in [-0.39, 0.29) is 28.6 Å². The largest absolute Gasteiger partial charge is 0.416 e. The first-order chi connectivity index (χ1) is 19.0. The summed E-state index contributed by atoms with van der Waals surface area (Å²) in [6.07, 6.45) is 2.76. The van der Waals surface area contributed by atoms with E-state index < -0.39 is 23.7 Å². The third-order valence-electron chi connectivity index (χ3n) is 9.20. The summed E-state index contributed by atoms with van der Waals surface area (Å²) >= 11 is 0. The van der Waals surface area contributed by atoms with Gasteiger partial charge >= 0.3 is 6.18 Å². The highest BCUT2D eigenvalue weighted by atomic mass is 19.4. The van der Waals surface area contributed by atoms with Gasteiger partial charge in [-0.15, -0.1) is 0 Å². The van der Waals surface area contributed by atoms with E-state index in [0.717, 1.165) is 44.8 Å². The Morgan fingerprint density at radius 1 is 1.18 bits per heavy atom. The SMILES string of the molecule is Cc1c([C@@H](C)NC(=O)c2cn(C3CCOCC3)c(=O)cc2N[C@H]2CC[C@@]23CCCN(C)C3)cccc1C(F)(F)F. The number of hydrogen-bond donors (Lipinski definition) is 2. The number of piperidine rings is 1. The predicted octanol–water partition coefficient (Wildman–Crippen LogP) is 5.30. The van der Waals surface area contributed by atoms with Crippen LogP contribution in [0.25, 0.3) is 0 Å². The smallest absolute Gasteiger partial charge is 0.381 e. The molecule has 3 heterocycles. The number of nitrogens with zero attached hydrogens (tertiary/aromatic N) is 2. The first-order valence-corrected chi connectivity index (χ1v) is 14.2. The minimum atomic E-state index is -4.48. The van der Waals surface area contributed by atoms with Crippen LogP contribution in [0, 0.1) is 12.3 Å². The van der Waals surface area contributed by atoms with E-state index in [1.165, 1.54) is 19.1 Å². The van der Waals surface area contributed by atoms with Gasteiger partial charge in [0.1, 0.15) is 0 Å². The normalized spacial score (nSPS) is 24.9. The highest BCUT2D eigenvalue weighted by Crippen LogP contribution is 2.49. The summed E-state index contributed by atoms with van der Waals surface area (Å²) in [6, 6.07) is 4.93. The van der Waals surface area contributed by atoms with Crippen LogP contribution in [-0.4, -0.2) is 54.8 Å². The van der Waals surface area contributed by atoms with Crippen molar-refractivity contribution < 1.29 is 22.7 Å². The molecule has 2 aromatic rings. The molecular weight excluding hydrogens is 521 g/mol. The molecule has 218 valence electrons. The van der Waals surface area contributed by atoms with Crippen molar-refractivity contribution in [1.29, 1.82) is 0 Å². The van der Waals surface area contributed by atoms with Gasteiger partial charge in [0, 0.05) is 49.5 Å². The Labute approximate surface area is 233 Å². The molecule has 5 rings (SSSR count). The Morgan fingerprint density at radius 2 is 1.93 bits per heavy atom. The van der Waals surface area contributed by atoms with Gasteiger partial charge in [-0.05, 0) is 83.2 Å². The highest BCUT2D eigenvalue weighted by Gasteiger charge is 2.48. The van der Waals surface area contributed by atoms with Crippen molar-refractivity contribution in [2.45, 2.75) is 76.7 Å². The highest BCUT2D eigenvalue weighted by molar-refractivity contribution is 5.99. The monoisotopic (exact) mass is 560 g/mol. The molecular formula is C30H39F3N4O3. The second-order valence-electron chi connectivity index (χ2n) is 11.8. The van der Waals surface area contributed by atoms with Gasteiger partial charge in [-0.3, -0.25) is 9.59 Å². The molecule has 1 aromatic carbocycles. The fourth-order valence-corrected chi connectivity index (χ4v) is 6.87. The number of rotatable bonds is 6. The lowest BCUT2D eigenvalue weighted by molar-refractivity contribution is -0.138. The zero-order valence-electron chi connectivity index (χ0n) is 23.4. The van der Waals surface area contributed by atoms with Gasteiger partial charge in [0.25, 0.3) is 11.5 Å². The number of benzene rings is 1. The molecule has 3 aliphatic rings. The summed E-state index contributed by atoms with van der Waals surface area (Å²) in [5.41, 5.74) is 0.518. The lowest BCUT2D eigenvalue weighted by Gasteiger charge is -2.54. The van der Waals surface area contributed by atoms with Gasteiger partial charge in [0.2, 0.25) is 0 Å². The van der Waals surface area contributed by atoms with Crippen molar-refractivity contribution in [2.75, 3.05) is 38.7 Å². The lowest BCUT2D eigenvalue weighted by atomic mass is 9.60. The zero-order valence-corrected chi connectivity index (χ0v) is 23.4. The molecule has 0 radical (unpaired) electrons. The van der Waals surface area contributed by atoms with Crippen molar-refractivity contribution in [2.24, 2.45) is 5.41 Å². The molecule has 1 amide bonds. The fourth-order valence-electron chi connectivity index (χ4n) is 6.87. The Kier molecular flexibility index (Phi) is 8.03. The van der Waals surface area contributed by atoms with E-state index in [9.17, 15) is 22.8 Å². The van der Waals surface area contributed by atoms with Crippen molar-refractivity contribution in [1.82, 2.24) is 14.8 Å².